The van der Waals surface area contributed by atoms with Gasteiger partial charge in [-0.1, -0.05) is 19.1 Å². The van der Waals surface area contributed by atoms with Gasteiger partial charge in [-0.3, -0.25) is 10.1 Å². The summed E-state index contributed by atoms with van der Waals surface area (Å²) in [4.78, 5) is 11.6. The molecule has 1 aromatic carbocycles. The van der Waals surface area contributed by atoms with Gasteiger partial charge in [-0.2, -0.15) is 0 Å². The molecule has 19 heavy (non-hydrogen) atoms. The SMILES string of the molecule is CCc1ccc(OC)c(CNC(C)(C)C(=O)OC)c1. The largest absolute Gasteiger partial charge is 0.496 e. The fraction of sp³-hybridized carbons (Fsp3) is 0.533. The highest BCUT2D eigenvalue weighted by atomic mass is 16.5. The quantitative estimate of drug-likeness (QED) is 0.802. The number of hydrogen-bond donors (Lipinski definition) is 1. The lowest BCUT2D eigenvalue weighted by Gasteiger charge is -2.24. The van der Waals surface area contributed by atoms with Crippen molar-refractivity contribution < 1.29 is 14.3 Å². The van der Waals surface area contributed by atoms with Crippen LogP contribution in [0.5, 0.6) is 5.75 Å². The monoisotopic (exact) mass is 265 g/mol. The fourth-order valence-corrected chi connectivity index (χ4v) is 1.83. The molecule has 0 heterocycles. The van der Waals surface area contributed by atoms with Crippen LogP contribution in [-0.2, 0) is 22.5 Å². The highest BCUT2D eigenvalue weighted by Crippen LogP contribution is 2.21. The summed E-state index contributed by atoms with van der Waals surface area (Å²) in [5, 5.41) is 3.20. The maximum atomic E-state index is 11.6. The van der Waals surface area contributed by atoms with Gasteiger partial charge in [0.2, 0.25) is 0 Å². The predicted molar refractivity (Wildman–Crippen MR) is 75.3 cm³/mol. The van der Waals surface area contributed by atoms with E-state index in [1.807, 2.05) is 12.1 Å². The van der Waals surface area contributed by atoms with Crippen LogP contribution in [0.25, 0.3) is 0 Å². The van der Waals surface area contributed by atoms with Crippen LogP contribution >= 0.6 is 0 Å². The van der Waals surface area contributed by atoms with Gasteiger partial charge in [-0.15, -0.1) is 0 Å². The van der Waals surface area contributed by atoms with E-state index in [0.29, 0.717) is 6.54 Å². The Bertz CT molecular complexity index is 441. The second-order valence-corrected chi connectivity index (χ2v) is 4.97. The molecule has 0 aliphatic rings. The first-order chi connectivity index (χ1) is 8.94. The van der Waals surface area contributed by atoms with E-state index >= 15 is 0 Å². The van der Waals surface area contributed by atoms with Crippen LogP contribution < -0.4 is 10.1 Å². The number of ether oxygens (including phenoxy) is 2. The third-order valence-corrected chi connectivity index (χ3v) is 3.17. The van der Waals surface area contributed by atoms with E-state index in [2.05, 4.69) is 18.3 Å². The molecule has 0 aliphatic carbocycles. The number of carbonyl (C=O) groups is 1. The number of hydrogen-bond acceptors (Lipinski definition) is 4. The number of nitrogens with one attached hydrogen (secondary N) is 1. The van der Waals surface area contributed by atoms with E-state index in [1.54, 1.807) is 21.0 Å². The molecule has 0 atom stereocenters. The second kappa shape index (κ2) is 6.57. The second-order valence-electron chi connectivity index (χ2n) is 4.97. The first-order valence-corrected chi connectivity index (χ1v) is 6.43. The van der Waals surface area contributed by atoms with Crippen LogP contribution in [0.3, 0.4) is 0 Å². The molecule has 1 N–H and O–H groups in total. The molecule has 1 aromatic rings. The zero-order chi connectivity index (χ0) is 14.5. The Morgan fingerprint density at radius 1 is 1.32 bits per heavy atom. The summed E-state index contributed by atoms with van der Waals surface area (Å²) in [6.07, 6.45) is 0.970. The Kier molecular flexibility index (Phi) is 5.36. The van der Waals surface area contributed by atoms with Gasteiger partial charge in [-0.25, -0.2) is 0 Å². The summed E-state index contributed by atoms with van der Waals surface area (Å²) in [5.74, 6) is 0.545. The fourth-order valence-electron chi connectivity index (χ4n) is 1.83. The van der Waals surface area contributed by atoms with Gasteiger partial charge in [-0.05, 0) is 31.9 Å². The molecule has 0 fully saturated rings. The van der Waals surface area contributed by atoms with Crippen molar-refractivity contribution >= 4 is 5.97 Å². The van der Waals surface area contributed by atoms with Gasteiger partial charge in [0.15, 0.2) is 0 Å². The molecule has 0 aliphatic heterocycles. The van der Waals surface area contributed by atoms with Gasteiger partial charge in [0.1, 0.15) is 11.3 Å². The smallest absolute Gasteiger partial charge is 0.325 e. The lowest BCUT2D eigenvalue weighted by Crippen LogP contribution is -2.47. The van der Waals surface area contributed by atoms with Crippen molar-refractivity contribution in [3.8, 4) is 5.75 Å². The van der Waals surface area contributed by atoms with E-state index in [4.69, 9.17) is 9.47 Å². The van der Waals surface area contributed by atoms with Crippen molar-refractivity contribution in [2.45, 2.75) is 39.3 Å². The standard InChI is InChI=1S/C15H23NO3/c1-6-11-7-8-13(18-4)12(9-11)10-16-15(2,3)14(17)19-5/h7-9,16H,6,10H2,1-5H3. The minimum atomic E-state index is -0.720. The van der Waals surface area contributed by atoms with E-state index < -0.39 is 5.54 Å². The zero-order valence-corrected chi connectivity index (χ0v) is 12.4. The Labute approximate surface area is 115 Å². The molecular formula is C15H23NO3. The third-order valence-electron chi connectivity index (χ3n) is 3.17. The minimum Gasteiger partial charge on any atom is -0.496 e. The van der Waals surface area contributed by atoms with Crippen LogP contribution in [0.4, 0.5) is 0 Å². The highest BCUT2D eigenvalue weighted by molar-refractivity contribution is 5.79. The topological polar surface area (TPSA) is 47.6 Å². The summed E-state index contributed by atoms with van der Waals surface area (Å²) in [7, 11) is 3.04. The van der Waals surface area contributed by atoms with Crippen LogP contribution in [0.15, 0.2) is 18.2 Å². The van der Waals surface area contributed by atoms with E-state index in [-0.39, 0.29) is 5.97 Å². The summed E-state index contributed by atoms with van der Waals surface area (Å²) >= 11 is 0. The maximum Gasteiger partial charge on any atom is 0.325 e. The minimum absolute atomic E-state index is 0.280. The van der Waals surface area contributed by atoms with Gasteiger partial charge in [0.05, 0.1) is 14.2 Å². The molecule has 4 nitrogen and oxygen atoms in total. The van der Waals surface area contributed by atoms with Crippen LogP contribution in [-0.4, -0.2) is 25.7 Å². The van der Waals surface area contributed by atoms with E-state index in [1.165, 1.54) is 12.7 Å². The van der Waals surface area contributed by atoms with Gasteiger partial charge < -0.3 is 9.47 Å². The third kappa shape index (κ3) is 3.96. The molecule has 0 saturated heterocycles. The number of esters is 1. The Hall–Kier alpha value is -1.55. The average Bonchev–Trinajstić information content (AvgIpc) is 2.43. The summed E-state index contributed by atoms with van der Waals surface area (Å²) in [6, 6.07) is 6.11. The molecule has 4 heteroatoms. The molecule has 106 valence electrons. The zero-order valence-electron chi connectivity index (χ0n) is 12.4. The van der Waals surface area contributed by atoms with Gasteiger partial charge >= 0.3 is 5.97 Å². The molecule has 0 bridgehead atoms. The number of carbonyl (C=O) groups excluding carboxylic acids is 1. The molecule has 0 unspecified atom stereocenters. The normalized spacial score (nSPS) is 11.2. The first kappa shape index (κ1) is 15.5. The van der Waals surface area contributed by atoms with Crippen molar-refractivity contribution in [3.63, 3.8) is 0 Å². The molecule has 0 aromatic heterocycles. The molecule has 0 radical (unpaired) electrons. The Morgan fingerprint density at radius 3 is 2.53 bits per heavy atom. The Morgan fingerprint density at radius 2 is 2.00 bits per heavy atom. The van der Waals surface area contributed by atoms with E-state index in [9.17, 15) is 4.79 Å². The number of methoxy groups -OCH3 is 2. The summed E-state index contributed by atoms with van der Waals surface area (Å²) in [6.45, 7) is 6.26. The number of benzene rings is 1. The number of aryl methyl sites for hydroxylation is 1. The van der Waals surface area contributed by atoms with Crippen LogP contribution in [0, 0.1) is 0 Å². The number of rotatable bonds is 6. The molecule has 0 saturated carbocycles. The summed E-state index contributed by atoms with van der Waals surface area (Å²) < 4.78 is 10.1. The van der Waals surface area contributed by atoms with Crippen molar-refractivity contribution in [3.05, 3.63) is 29.3 Å². The molecule has 0 spiro atoms. The van der Waals surface area contributed by atoms with Crippen LogP contribution in [0.2, 0.25) is 0 Å². The lowest BCUT2D eigenvalue weighted by molar-refractivity contribution is -0.147. The Balaban J connectivity index is 2.84. The molecule has 0 amide bonds. The van der Waals surface area contributed by atoms with Crippen LogP contribution in [0.1, 0.15) is 31.9 Å². The van der Waals surface area contributed by atoms with E-state index in [0.717, 1.165) is 17.7 Å². The summed E-state index contributed by atoms with van der Waals surface area (Å²) in [5.41, 5.74) is 1.56. The van der Waals surface area contributed by atoms with Crippen molar-refractivity contribution in [1.29, 1.82) is 0 Å². The molecular weight excluding hydrogens is 242 g/mol. The lowest BCUT2D eigenvalue weighted by atomic mass is 10.0. The highest BCUT2D eigenvalue weighted by Gasteiger charge is 2.28. The van der Waals surface area contributed by atoms with Crippen molar-refractivity contribution in [2.24, 2.45) is 0 Å². The first-order valence-electron chi connectivity index (χ1n) is 6.43. The van der Waals surface area contributed by atoms with Gasteiger partial charge in [0.25, 0.3) is 0 Å². The maximum absolute atomic E-state index is 11.6. The molecule has 1 rings (SSSR count). The van der Waals surface area contributed by atoms with Crippen molar-refractivity contribution in [1.82, 2.24) is 5.32 Å². The van der Waals surface area contributed by atoms with Gasteiger partial charge in [0, 0.05) is 12.1 Å². The predicted octanol–water partition coefficient (Wildman–Crippen LogP) is 2.30. The average molecular weight is 265 g/mol. The van der Waals surface area contributed by atoms with Crippen molar-refractivity contribution in [2.75, 3.05) is 14.2 Å².